The molecule has 0 amide bonds. The van der Waals surface area contributed by atoms with Gasteiger partial charge < -0.3 is 13.7 Å². The van der Waals surface area contributed by atoms with Gasteiger partial charge in [-0.25, -0.2) is 0 Å². The number of benzene rings is 7. The van der Waals surface area contributed by atoms with Crippen molar-refractivity contribution in [1.29, 1.82) is 0 Å². The van der Waals surface area contributed by atoms with Gasteiger partial charge >= 0.3 is 0 Å². The van der Waals surface area contributed by atoms with Crippen LogP contribution < -0.4 is 0 Å². The summed E-state index contributed by atoms with van der Waals surface area (Å²) in [6.45, 7) is 0. The lowest BCUT2D eigenvalue weighted by atomic mass is 10.0. The van der Waals surface area contributed by atoms with Gasteiger partial charge in [0.1, 0.15) is 0 Å². The van der Waals surface area contributed by atoms with Crippen LogP contribution in [0, 0.1) is 0 Å². The first-order valence-corrected chi connectivity index (χ1v) is 15.5. The van der Waals surface area contributed by atoms with Crippen molar-refractivity contribution in [3.8, 4) is 17.1 Å². The van der Waals surface area contributed by atoms with Crippen molar-refractivity contribution < 1.29 is 0 Å². The van der Waals surface area contributed by atoms with Crippen LogP contribution in [0.3, 0.4) is 0 Å². The second-order valence-corrected chi connectivity index (χ2v) is 11.8. The van der Waals surface area contributed by atoms with Crippen molar-refractivity contribution in [2.45, 2.75) is 0 Å². The summed E-state index contributed by atoms with van der Waals surface area (Å²) in [6, 6.07) is 57.2. The van der Waals surface area contributed by atoms with Crippen LogP contribution in [0.5, 0.6) is 0 Å². The second-order valence-electron chi connectivity index (χ2n) is 11.8. The number of hydrogen-bond donors (Lipinski definition) is 0. The van der Waals surface area contributed by atoms with Crippen LogP contribution >= 0.6 is 0 Å². The predicted molar refractivity (Wildman–Crippen MR) is 189 cm³/mol. The largest absolute Gasteiger partial charge is 0.316 e. The normalized spacial score (nSPS) is 12.0. The molecule has 0 spiro atoms. The third kappa shape index (κ3) is 3.41. The number of rotatable bonds is 3. The highest BCUT2D eigenvalue weighted by molar-refractivity contribution is 6.27. The van der Waals surface area contributed by atoms with Gasteiger partial charge in [0.2, 0.25) is 0 Å². The number of fused-ring (bicyclic) bond motifs is 10. The Balaban J connectivity index is 1.23. The van der Waals surface area contributed by atoms with Gasteiger partial charge in [-0.3, -0.25) is 0 Å². The summed E-state index contributed by atoms with van der Waals surface area (Å²) < 4.78 is 7.14. The van der Waals surface area contributed by atoms with Gasteiger partial charge in [-0.05, 0) is 72.1 Å². The van der Waals surface area contributed by atoms with E-state index in [1.807, 2.05) is 0 Å². The maximum absolute atomic E-state index is 2.40. The van der Waals surface area contributed by atoms with Crippen molar-refractivity contribution in [3.05, 3.63) is 164 Å². The van der Waals surface area contributed by atoms with Crippen molar-refractivity contribution in [2.24, 2.45) is 0 Å². The van der Waals surface area contributed by atoms with Crippen LogP contribution in [0.1, 0.15) is 0 Å². The molecule has 0 unspecified atom stereocenters. The lowest BCUT2D eigenvalue weighted by Gasteiger charge is -2.13. The Hall–Kier alpha value is -6.06. The van der Waals surface area contributed by atoms with Gasteiger partial charge in [-0.2, -0.15) is 0 Å². The molecular weight excluding hydrogens is 546 g/mol. The first kappa shape index (κ1) is 24.4. The molecule has 0 bridgehead atoms. The summed E-state index contributed by atoms with van der Waals surface area (Å²) >= 11 is 0. The molecule has 3 heterocycles. The van der Waals surface area contributed by atoms with Gasteiger partial charge in [-0.15, -0.1) is 0 Å². The summed E-state index contributed by atoms with van der Waals surface area (Å²) in [4.78, 5) is 0. The summed E-state index contributed by atoms with van der Waals surface area (Å²) in [7, 11) is 0. The third-order valence-electron chi connectivity index (χ3n) is 9.45. The number of para-hydroxylation sites is 4. The summed E-state index contributed by atoms with van der Waals surface area (Å²) in [5, 5.41) is 8.87. The molecule has 0 saturated carbocycles. The maximum Gasteiger partial charge on any atom is 0.0613 e. The van der Waals surface area contributed by atoms with Crippen LogP contribution in [0.25, 0.3) is 82.3 Å². The first-order chi connectivity index (χ1) is 22.3. The molecule has 3 heteroatoms. The van der Waals surface area contributed by atoms with E-state index in [1.54, 1.807) is 0 Å². The Kier molecular flexibility index (Phi) is 5.00. The molecule has 0 fully saturated rings. The topological polar surface area (TPSA) is 14.8 Å². The third-order valence-corrected chi connectivity index (χ3v) is 9.45. The van der Waals surface area contributed by atoms with Gasteiger partial charge in [0, 0.05) is 55.6 Å². The molecule has 0 radical (unpaired) electrons. The average molecular weight is 574 g/mol. The van der Waals surface area contributed by atoms with Crippen molar-refractivity contribution in [3.63, 3.8) is 0 Å². The van der Waals surface area contributed by atoms with E-state index < -0.39 is 0 Å². The van der Waals surface area contributed by atoms with Gasteiger partial charge in [0.15, 0.2) is 0 Å². The van der Waals surface area contributed by atoms with Crippen LogP contribution in [-0.4, -0.2) is 13.7 Å². The molecule has 0 aliphatic rings. The van der Waals surface area contributed by atoms with Crippen LogP contribution in [0.2, 0.25) is 0 Å². The molecule has 210 valence electrons. The standard InChI is InChI=1S/C42H27N3/c1-2-10-31(11-3-1)45-38-17-9-6-14-35(38)41-39(45)25-20-28-18-19-29-26-27-43(42(29)40(28)41)30-21-23-32(24-22-30)44-36-15-7-4-12-33(36)34-13-5-8-16-37(34)44/h1-27H. The maximum atomic E-state index is 2.40. The fraction of sp³-hybridized carbons (Fsp3) is 0. The van der Waals surface area contributed by atoms with E-state index in [2.05, 4.69) is 178 Å². The van der Waals surface area contributed by atoms with E-state index in [0.717, 1.165) is 11.4 Å². The fourth-order valence-corrected chi connectivity index (χ4v) is 7.53. The lowest BCUT2D eigenvalue weighted by Crippen LogP contribution is -1.97. The van der Waals surface area contributed by atoms with E-state index in [0.29, 0.717) is 0 Å². The number of hydrogen-bond acceptors (Lipinski definition) is 0. The molecule has 10 rings (SSSR count). The minimum atomic E-state index is 1.14. The highest BCUT2D eigenvalue weighted by Gasteiger charge is 2.18. The smallest absolute Gasteiger partial charge is 0.0613 e. The zero-order valence-electron chi connectivity index (χ0n) is 24.4. The molecule has 0 atom stereocenters. The average Bonchev–Trinajstić information content (AvgIpc) is 3.79. The minimum absolute atomic E-state index is 1.14. The number of aromatic nitrogens is 3. The predicted octanol–water partition coefficient (Wildman–Crippen LogP) is 11.0. The van der Waals surface area contributed by atoms with Crippen molar-refractivity contribution in [2.75, 3.05) is 0 Å². The van der Waals surface area contributed by atoms with Crippen LogP contribution in [0.15, 0.2) is 164 Å². The lowest BCUT2D eigenvalue weighted by molar-refractivity contribution is 1.12. The Bertz CT molecular complexity index is 2690. The van der Waals surface area contributed by atoms with Crippen molar-refractivity contribution in [1.82, 2.24) is 13.7 Å². The SMILES string of the molecule is c1ccc(-n2c3ccccc3c3c4c(ccc5ccn(-c6ccc(-n7c8ccccc8c8ccccc87)cc6)c54)ccc32)cc1. The number of nitrogens with zero attached hydrogens (tertiary/aromatic N) is 3. The molecule has 0 aliphatic heterocycles. The van der Waals surface area contributed by atoms with Crippen LogP contribution in [-0.2, 0) is 0 Å². The van der Waals surface area contributed by atoms with Gasteiger partial charge in [-0.1, -0.05) is 91.0 Å². The van der Waals surface area contributed by atoms with E-state index >= 15 is 0 Å². The van der Waals surface area contributed by atoms with E-state index in [4.69, 9.17) is 0 Å². The Labute approximate surface area is 259 Å². The molecule has 45 heavy (non-hydrogen) atoms. The zero-order valence-corrected chi connectivity index (χ0v) is 24.4. The monoisotopic (exact) mass is 573 g/mol. The van der Waals surface area contributed by atoms with Gasteiger partial charge in [0.05, 0.1) is 27.6 Å². The van der Waals surface area contributed by atoms with Crippen molar-refractivity contribution >= 4 is 65.3 Å². The Morgan fingerprint density at radius 3 is 1.53 bits per heavy atom. The molecule has 10 aromatic rings. The first-order valence-electron chi connectivity index (χ1n) is 15.5. The molecule has 0 aliphatic carbocycles. The molecule has 0 saturated heterocycles. The van der Waals surface area contributed by atoms with Crippen LogP contribution in [0.4, 0.5) is 0 Å². The second kappa shape index (κ2) is 9.22. The summed E-state index contributed by atoms with van der Waals surface area (Å²) in [6.07, 6.45) is 2.22. The fourth-order valence-electron chi connectivity index (χ4n) is 7.53. The zero-order chi connectivity index (χ0) is 29.5. The molecular formula is C42H27N3. The Morgan fingerprint density at radius 1 is 0.311 bits per heavy atom. The van der Waals surface area contributed by atoms with E-state index in [1.165, 1.54) is 71.0 Å². The van der Waals surface area contributed by atoms with E-state index in [9.17, 15) is 0 Å². The Morgan fingerprint density at radius 2 is 0.822 bits per heavy atom. The molecule has 3 nitrogen and oxygen atoms in total. The van der Waals surface area contributed by atoms with Gasteiger partial charge in [0.25, 0.3) is 0 Å². The molecule has 0 N–H and O–H groups in total. The summed E-state index contributed by atoms with van der Waals surface area (Å²) in [5.74, 6) is 0. The quantitative estimate of drug-likeness (QED) is 0.200. The highest BCUT2D eigenvalue weighted by Crippen LogP contribution is 2.41. The molecule has 7 aromatic carbocycles. The molecule has 3 aromatic heterocycles. The summed E-state index contributed by atoms with van der Waals surface area (Å²) in [5.41, 5.74) is 9.59. The van der Waals surface area contributed by atoms with E-state index in [-0.39, 0.29) is 0 Å². The minimum Gasteiger partial charge on any atom is -0.316 e. The highest BCUT2D eigenvalue weighted by atomic mass is 15.0.